The third-order valence-electron chi connectivity index (χ3n) is 1.58. The predicted molar refractivity (Wildman–Crippen MR) is 57.0 cm³/mol. The molecular weight excluding hydrogens is 254 g/mol. The lowest BCUT2D eigenvalue weighted by Crippen LogP contribution is -2.31. The minimum atomic E-state index is -0.145. The summed E-state index contributed by atoms with van der Waals surface area (Å²) in [6.45, 7) is 4.19. The number of anilines is 1. The molecule has 0 spiro atoms. The van der Waals surface area contributed by atoms with E-state index in [2.05, 4.69) is 31.4 Å². The Morgan fingerprint density at radius 3 is 2.69 bits per heavy atom. The van der Waals surface area contributed by atoms with Gasteiger partial charge >= 0.3 is 0 Å². The Bertz CT molecular complexity index is 276. The van der Waals surface area contributed by atoms with Crippen LogP contribution in [0.5, 0.6) is 0 Å². The summed E-state index contributed by atoms with van der Waals surface area (Å²) in [5.74, 6) is 0. The number of hydrogen-bond donors (Lipinski definition) is 2. The molecule has 0 atom stereocenters. The molecule has 0 aliphatic carbocycles. The molecule has 74 valence electrons. The standard InChI is InChI=1S/C7H12BrN3OS/c1-7(2,3-4-12)9-6-11-10-5(8)13-6/h12H,3-4H2,1-2H3,(H,9,11). The highest BCUT2D eigenvalue weighted by Gasteiger charge is 2.18. The van der Waals surface area contributed by atoms with E-state index >= 15 is 0 Å². The summed E-state index contributed by atoms with van der Waals surface area (Å²) in [5.41, 5.74) is -0.145. The summed E-state index contributed by atoms with van der Waals surface area (Å²) in [7, 11) is 0. The first-order chi connectivity index (χ1) is 6.03. The molecule has 6 heteroatoms. The monoisotopic (exact) mass is 265 g/mol. The van der Waals surface area contributed by atoms with Crippen molar-refractivity contribution in [3.8, 4) is 0 Å². The third kappa shape index (κ3) is 3.58. The first-order valence-corrected chi connectivity index (χ1v) is 5.52. The van der Waals surface area contributed by atoms with Gasteiger partial charge in [0.15, 0.2) is 3.92 Å². The number of nitrogens with one attached hydrogen (secondary N) is 1. The Labute approximate surface area is 89.5 Å². The zero-order valence-electron chi connectivity index (χ0n) is 7.54. The van der Waals surface area contributed by atoms with Crippen LogP contribution in [0.3, 0.4) is 0 Å². The van der Waals surface area contributed by atoms with E-state index in [0.717, 1.165) is 9.05 Å². The maximum Gasteiger partial charge on any atom is 0.206 e. The van der Waals surface area contributed by atoms with Crippen LogP contribution < -0.4 is 5.32 Å². The molecule has 0 amide bonds. The second-order valence-corrected chi connectivity index (χ2v) is 5.60. The van der Waals surface area contributed by atoms with Crippen LogP contribution in [0, 0.1) is 0 Å². The predicted octanol–water partition coefficient (Wildman–Crippen LogP) is 1.87. The average molecular weight is 266 g/mol. The van der Waals surface area contributed by atoms with E-state index in [4.69, 9.17) is 5.11 Å². The van der Waals surface area contributed by atoms with Crippen LogP contribution in [-0.4, -0.2) is 27.4 Å². The first kappa shape index (κ1) is 10.9. The minimum absolute atomic E-state index is 0.145. The molecule has 0 saturated heterocycles. The van der Waals surface area contributed by atoms with E-state index < -0.39 is 0 Å². The molecule has 1 aromatic rings. The molecule has 0 fully saturated rings. The van der Waals surface area contributed by atoms with Gasteiger partial charge in [-0.15, -0.1) is 10.2 Å². The van der Waals surface area contributed by atoms with E-state index in [1.54, 1.807) is 0 Å². The van der Waals surface area contributed by atoms with Crippen molar-refractivity contribution in [1.82, 2.24) is 10.2 Å². The maximum atomic E-state index is 8.80. The zero-order chi connectivity index (χ0) is 9.90. The van der Waals surface area contributed by atoms with Crippen molar-refractivity contribution in [1.29, 1.82) is 0 Å². The molecular formula is C7H12BrN3OS. The molecule has 1 aromatic heterocycles. The summed E-state index contributed by atoms with van der Waals surface area (Å²) in [6, 6.07) is 0. The number of aliphatic hydroxyl groups is 1. The van der Waals surface area contributed by atoms with Gasteiger partial charge in [-0.3, -0.25) is 0 Å². The van der Waals surface area contributed by atoms with Crippen LogP contribution in [0.4, 0.5) is 5.13 Å². The SMILES string of the molecule is CC(C)(CCO)Nc1nnc(Br)s1. The molecule has 1 rings (SSSR count). The van der Waals surface area contributed by atoms with E-state index in [0.29, 0.717) is 6.42 Å². The Morgan fingerprint density at radius 2 is 2.23 bits per heavy atom. The molecule has 0 bridgehead atoms. The van der Waals surface area contributed by atoms with Gasteiger partial charge in [-0.25, -0.2) is 0 Å². The van der Waals surface area contributed by atoms with Crippen molar-refractivity contribution in [2.75, 3.05) is 11.9 Å². The van der Waals surface area contributed by atoms with Crippen molar-refractivity contribution >= 4 is 32.4 Å². The quantitative estimate of drug-likeness (QED) is 0.873. The van der Waals surface area contributed by atoms with Crippen LogP contribution in [0.25, 0.3) is 0 Å². The summed E-state index contributed by atoms with van der Waals surface area (Å²) >= 11 is 4.68. The lowest BCUT2D eigenvalue weighted by molar-refractivity contribution is 0.261. The van der Waals surface area contributed by atoms with Crippen molar-refractivity contribution < 1.29 is 5.11 Å². The highest BCUT2D eigenvalue weighted by atomic mass is 79.9. The summed E-state index contributed by atoms with van der Waals surface area (Å²) in [5, 5.41) is 20.5. The van der Waals surface area contributed by atoms with E-state index in [1.807, 2.05) is 13.8 Å². The van der Waals surface area contributed by atoms with Gasteiger partial charge in [-0.2, -0.15) is 0 Å². The smallest absolute Gasteiger partial charge is 0.206 e. The highest BCUT2D eigenvalue weighted by molar-refractivity contribution is 9.11. The normalized spacial score (nSPS) is 11.7. The van der Waals surface area contributed by atoms with Crippen molar-refractivity contribution in [2.45, 2.75) is 25.8 Å². The second-order valence-electron chi connectivity index (χ2n) is 3.34. The Hall–Kier alpha value is -0.200. The van der Waals surface area contributed by atoms with Crippen molar-refractivity contribution in [3.63, 3.8) is 0 Å². The number of halogens is 1. The highest BCUT2D eigenvalue weighted by Crippen LogP contribution is 2.24. The lowest BCUT2D eigenvalue weighted by Gasteiger charge is -2.24. The second kappa shape index (κ2) is 4.34. The van der Waals surface area contributed by atoms with Gasteiger partial charge in [0.2, 0.25) is 5.13 Å². The fourth-order valence-electron chi connectivity index (χ4n) is 0.887. The topological polar surface area (TPSA) is 58.0 Å². The molecule has 1 heterocycles. The summed E-state index contributed by atoms with van der Waals surface area (Å²) < 4.78 is 0.759. The van der Waals surface area contributed by atoms with E-state index in [1.165, 1.54) is 11.3 Å². The van der Waals surface area contributed by atoms with Crippen LogP contribution in [-0.2, 0) is 0 Å². The van der Waals surface area contributed by atoms with Gasteiger partial charge in [0.1, 0.15) is 0 Å². The Morgan fingerprint density at radius 1 is 1.54 bits per heavy atom. The van der Waals surface area contributed by atoms with Gasteiger partial charge in [-0.05, 0) is 36.2 Å². The fourth-order valence-corrected chi connectivity index (χ4v) is 2.08. The van der Waals surface area contributed by atoms with Gasteiger partial charge in [0.25, 0.3) is 0 Å². The molecule has 0 saturated carbocycles. The van der Waals surface area contributed by atoms with Crippen molar-refractivity contribution in [2.24, 2.45) is 0 Å². The van der Waals surface area contributed by atoms with Gasteiger partial charge in [0, 0.05) is 12.1 Å². The largest absolute Gasteiger partial charge is 0.396 e. The molecule has 0 aliphatic rings. The number of rotatable bonds is 4. The fraction of sp³-hybridized carbons (Fsp3) is 0.714. The van der Waals surface area contributed by atoms with Gasteiger partial charge < -0.3 is 10.4 Å². The van der Waals surface area contributed by atoms with E-state index in [-0.39, 0.29) is 12.1 Å². The molecule has 4 nitrogen and oxygen atoms in total. The summed E-state index contributed by atoms with van der Waals surface area (Å²) in [4.78, 5) is 0. The van der Waals surface area contributed by atoms with Gasteiger partial charge in [0.05, 0.1) is 0 Å². The molecule has 2 N–H and O–H groups in total. The van der Waals surface area contributed by atoms with Crippen LogP contribution in [0.1, 0.15) is 20.3 Å². The molecule has 0 unspecified atom stereocenters. The zero-order valence-corrected chi connectivity index (χ0v) is 9.94. The minimum Gasteiger partial charge on any atom is -0.396 e. The molecule has 0 aromatic carbocycles. The van der Waals surface area contributed by atoms with E-state index in [9.17, 15) is 0 Å². The molecule has 0 aliphatic heterocycles. The number of nitrogens with zero attached hydrogens (tertiary/aromatic N) is 2. The molecule has 13 heavy (non-hydrogen) atoms. The summed E-state index contributed by atoms with van der Waals surface area (Å²) in [6.07, 6.45) is 0.685. The third-order valence-corrected chi connectivity index (χ3v) is 2.85. The van der Waals surface area contributed by atoms with Crippen LogP contribution in [0.15, 0.2) is 3.92 Å². The first-order valence-electron chi connectivity index (χ1n) is 3.91. The van der Waals surface area contributed by atoms with Crippen LogP contribution in [0.2, 0.25) is 0 Å². The lowest BCUT2D eigenvalue weighted by atomic mass is 10.0. The number of aromatic nitrogens is 2. The maximum absolute atomic E-state index is 8.80. The number of aliphatic hydroxyl groups excluding tert-OH is 1. The number of hydrogen-bond acceptors (Lipinski definition) is 5. The van der Waals surface area contributed by atoms with Gasteiger partial charge in [-0.1, -0.05) is 11.3 Å². The average Bonchev–Trinajstić information content (AvgIpc) is 2.34. The van der Waals surface area contributed by atoms with Crippen molar-refractivity contribution in [3.05, 3.63) is 3.92 Å². The Kier molecular flexibility index (Phi) is 3.63. The Balaban J connectivity index is 2.57. The molecule has 0 radical (unpaired) electrons. The van der Waals surface area contributed by atoms with Crippen LogP contribution >= 0.6 is 27.3 Å².